The Balaban J connectivity index is 2.33. The van der Waals surface area contributed by atoms with Crippen molar-refractivity contribution in [3.05, 3.63) is 29.6 Å². The number of aliphatic hydroxyl groups is 1. The quantitative estimate of drug-likeness (QED) is 0.781. The van der Waals surface area contributed by atoms with Crippen molar-refractivity contribution < 1.29 is 23.8 Å². The molecule has 0 aromatic heterocycles. The van der Waals surface area contributed by atoms with Crippen LogP contribution in [0.3, 0.4) is 0 Å². The number of carbonyl (C=O) groups is 1. The Bertz CT molecular complexity index is 433. The molecule has 1 aliphatic heterocycles. The van der Waals surface area contributed by atoms with Crippen LogP contribution in [0.4, 0.5) is 4.39 Å². The molecule has 0 fully saturated rings. The fourth-order valence-corrected chi connectivity index (χ4v) is 1.97. The minimum absolute atomic E-state index is 0.256. The first-order valence-electron chi connectivity index (χ1n) is 5.30. The smallest absolute Gasteiger partial charge is 0.347 e. The summed E-state index contributed by atoms with van der Waals surface area (Å²) in [6.07, 6.45) is -0.613. The fourth-order valence-electron chi connectivity index (χ4n) is 1.97. The van der Waals surface area contributed by atoms with Gasteiger partial charge in [0, 0.05) is 11.5 Å². The molecule has 0 aliphatic carbocycles. The molecule has 1 aromatic rings. The minimum Gasteiger partial charge on any atom is -0.478 e. The zero-order valence-corrected chi connectivity index (χ0v) is 9.35. The normalized spacial score (nSPS) is 22.5. The van der Waals surface area contributed by atoms with Crippen molar-refractivity contribution in [2.24, 2.45) is 5.92 Å². The summed E-state index contributed by atoms with van der Waals surface area (Å²) in [5, 5.41) is 9.21. The molecule has 1 heterocycles. The Labute approximate surface area is 98.0 Å². The number of carbonyl (C=O) groups excluding carboxylic acids is 1. The summed E-state index contributed by atoms with van der Waals surface area (Å²) >= 11 is 0. The highest BCUT2D eigenvalue weighted by Gasteiger charge is 2.36. The fraction of sp³-hybridized carbons (Fsp3) is 0.417. The number of esters is 1. The zero-order chi connectivity index (χ0) is 12.4. The molecule has 0 amide bonds. The molecule has 1 N–H and O–H groups in total. The third-order valence-corrected chi connectivity index (χ3v) is 2.89. The minimum atomic E-state index is -0.876. The van der Waals surface area contributed by atoms with Gasteiger partial charge in [0.05, 0.1) is 13.7 Å². The van der Waals surface area contributed by atoms with E-state index in [1.165, 1.54) is 19.2 Å². The van der Waals surface area contributed by atoms with Crippen molar-refractivity contribution in [1.29, 1.82) is 0 Å². The molecule has 2 atom stereocenters. The van der Waals surface area contributed by atoms with E-state index in [1.54, 1.807) is 6.07 Å². The Morgan fingerprint density at radius 2 is 2.41 bits per heavy atom. The van der Waals surface area contributed by atoms with Crippen LogP contribution < -0.4 is 4.74 Å². The second-order valence-electron chi connectivity index (χ2n) is 3.92. The van der Waals surface area contributed by atoms with Crippen molar-refractivity contribution in [2.45, 2.75) is 12.5 Å². The lowest BCUT2D eigenvalue weighted by atomic mass is 9.91. The molecule has 17 heavy (non-hydrogen) atoms. The summed E-state index contributed by atoms with van der Waals surface area (Å²) in [4.78, 5) is 11.5. The van der Waals surface area contributed by atoms with Crippen LogP contribution in [0.15, 0.2) is 18.2 Å². The van der Waals surface area contributed by atoms with Crippen LogP contribution in [-0.2, 0) is 16.0 Å². The van der Waals surface area contributed by atoms with Crippen LogP contribution in [0.25, 0.3) is 0 Å². The summed E-state index contributed by atoms with van der Waals surface area (Å²) in [6, 6.07) is 4.44. The summed E-state index contributed by atoms with van der Waals surface area (Å²) in [5.41, 5.74) is 0.395. The first-order valence-corrected chi connectivity index (χ1v) is 5.30. The van der Waals surface area contributed by atoms with E-state index >= 15 is 0 Å². The lowest BCUT2D eigenvalue weighted by Crippen LogP contribution is -2.42. The van der Waals surface area contributed by atoms with E-state index in [1.807, 2.05) is 0 Å². The first-order chi connectivity index (χ1) is 8.17. The summed E-state index contributed by atoms with van der Waals surface area (Å²) in [5.74, 6) is -1.08. The Kier molecular flexibility index (Phi) is 3.28. The Morgan fingerprint density at radius 1 is 1.65 bits per heavy atom. The van der Waals surface area contributed by atoms with Crippen LogP contribution in [-0.4, -0.2) is 30.9 Å². The zero-order valence-electron chi connectivity index (χ0n) is 9.35. The van der Waals surface area contributed by atoms with E-state index in [0.717, 1.165) is 0 Å². The number of aliphatic hydroxyl groups excluding tert-OH is 1. The summed E-state index contributed by atoms with van der Waals surface area (Å²) in [6.45, 7) is -0.256. The molecule has 92 valence electrons. The van der Waals surface area contributed by atoms with Crippen molar-refractivity contribution in [1.82, 2.24) is 0 Å². The predicted molar refractivity (Wildman–Crippen MR) is 57.1 cm³/mol. The standard InChI is InChI=1S/C12H13FO4/c1-16-12(15)11-7(6-14)5-8-9(13)3-2-4-10(8)17-11/h2-4,7,11,14H,5-6H2,1H3/t7-,11+/m0/s1. The lowest BCUT2D eigenvalue weighted by Gasteiger charge is -2.30. The highest BCUT2D eigenvalue weighted by Crippen LogP contribution is 2.32. The van der Waals surface area contributed by atoms with Crippen molar-refractivity contribution in [3.8, 4) is 5.75 Å². The lowest BCUT2D eigenvalue weighted by molar-refractivity contribution is -0.153. The molecule has 2 rings (SSSR count). The Hall–Kier alpha value is -1.62. The van der Waals surface area contributed by atoms with E-state index in [-0.39, 0.29) is 18.8 Å². The molecule has 0 unspecified atom stereocenters. The monoisotopic (exact) mass is 240 g/mol. The van der Waals surface area contributed by atoms with Crippen LogP contribution in [0.2, 0.25) is 0 Å². The van der Waals surface area contributed by atoms with E-state index in [0.29, 0.717) is 11.3 Å². The van der Waals surface area contributed by atoms with Gasteiger partial charge in [-0.25, -0.2) is 9.18 Å². The van der Waals surface area contributed by atoms with Gasteiger partial charge in [0.25, 0.3) is 0 Å². The molecule has 0 saturated carbocycles. The van der Waals surface area contributed by atoms with Crippen molar-refractivity contribution in [2.75, 3.05) is 13.7 Å². The maximum Gasteiger partial charge on any atom is 0.347 e. The van der Waals surface area contributed by atoms with E-state index in [9.17, 15) is 14.3 Å². The second-order valence-corrected chi connectivity index (χ2v) is 3.92. The van der Waals surface area contributed by atoms with Gasteiger partial charge in [-0.2, -0.15) is 0 Å². The van der Waals surface area contributed by atoms with E-state index < -0.39 is 18.0 Å². The van der Waals surface area contributed by atoms with Gasteiger partial charge in [0.15, 0.2) is 0 Å². The number of ether oxygens (including phenoxy) is 2. The van der Waals surface area contributed by atoms with Gasteiger partial charge in [0.2, 0.25) is 6.10 Å². The van der Waals surface area contributed by atoms with Gasteiger partial charge in [-0.3, -0.25) is 0 Å². The van der Waals surface area contributed by atoms with Gasteiger partial charge < -0.3 is 14.6 Å². The maximum absolute atomic E-state index is 13.5. The van der Waals surface area contributed by atoms with E-state index in [4.69, 9.17) is 4.74 Å². The third-order valence-electron chi connectivity index (χ3n) is 2.89. The second kappa shape index (κ2) is 4.71. The van der Waals surface area contributed by atoms with E-state index in [2.05, 4.69) is 4.74 Å². The summed E-state index contributed by atoms with van der Waals surface area (Å²) in [7, 11) is 1.25. The molecular weight excluding hydrogens is 227 g/mol. The van der Waals surface area contributed by atoms with Gasteiger partial charge >= 0.3 is 5.97 Å². The number of hydrogen-bond acceptors (Lipinski definition) is 4. The SMILES string of the molecule is COC(=O)[C@@H]1Oc2cccc(F)c2C[C@H]1CO. The number of hydrogen-bond donors (Lipinski definition) is 1. The topological polar surface area (TPSA) is 55.8 Å². The number of rotatable bonds is 2. The van der Waals surface area contributed by atoms with Crippen LogP contribution >= 0.6 is 0 Å². The highest BCUT2D eigenvalue weighted by molar-refractivity contribution is 5.76. The average molecular weight is 240 g/mol. The van der Waals surface area contributed by atoms with Crippen LogP contribution in [0, 0.1) is 11.7 Å². The molecule has 0 bridgehead atoms. The van der Waals surface area contributed by atoms with Gasteiger partial charge in [0.1, 0.15) is 11.6 Å². The van der Waals surface area contributed by atoms with Crippen LogP contribution in [0.5, 0.6) is 5.75 Å². The molecule has 0 spiro atoms. The third kappa shape index (κ3) is 2.10. The number of fused-ring (bicyclic) bond motifs is 1. The first kappa shape index (κ1) is 11.9. The van der Waals surface area contributed by atoms with Crippen molar-refractivity contribution in [3.63, 3.8) is 0 Å². The number of halogens is 1. The molecule has 1 aliphatic rings. The Morgan fingerprint density at radius 3 is 3.06 bits per heavy atom. The van der Waals surface area contributed by atoms with Gasteiger partial charge in [-0.15, -0.1) is 0 Å². The molecule has 5 heteroatoms. The molecular formula is C12H13FO4. The maximum atomic E-state index is 13.5. The number of benzene rings is 1. The predicted octanol–water partition coefficient (Wildman–Crippen LogP) is 0.911. The van der Waals surface area contributed by atoms with Crippen LogP contribution in [0.1, 0.15) is 5.56 Å². The number of methoxy groups -OCH3 is 1. The largest absolute Gasteiger partial charge is 0.478 e. The highest BCUT2D eigenvalue weighted by atomic mass is 19.1. The molecule has 4 nitrogen and oxygen atoms in total. The molecule has 1 aromatic carbocycles. The molecule has 0 saturated heterocycles. The average Bonchev–Trinajstić information content (AvgIpc) is 2.37. The van der Waals surface area contributed by atoms with Gasteiger partial charge in [-0.05, 0) is 18.6 Å². The summed E-state index contributed by atoms with van der Waals surface area (Å²) < 4.78 is 23.5. The van der Waals surface area contributed by atoms with Gasteiger partial charge in [-0.1, -0.05) is 6.07 Å². The molecule has 0 radical (unpaired) electrons. The van der Waals surface area contributed by atoms with Crippen molar-refractivity contribution >= 4 is 5.97 Å².